The molecule has 1 aliphatic rings. The molecule has 0 bridgehead atoms. The van der Waals surface area contributed by atoms with Crippen LogP contribution in [0.15, 0.2) is 30.3 Å². The molecule has 0 saturated carbocycles. The molecule has 6 heteroatoms. The molecule has 3 rings (SSSR count). The van der Waals surface area contributed by atoms with Gasteiger partial charge in [-0.3, -0.25) is 0 Å². The minimum absolute atomic E-state index is 0.181. The van der Waals surface area contributed by atoms with Crippen LogP contribution in [0.3, 0.4) is 0 Å². The van der Waals surface area contributed by atoms with Crippen LogP contribution >= 0.6 is 0 Å². The van der Waals surface area contributed by atoms with Crippen molar-refractivity contribution >= 4 is 6.08 Å². The zero-order valence-electron chi connectivity index (χ0n) is 20.0. The first-order valence-electron chi connectivity index (χ1n) is 11.2. The first kappa shape index (κ1) is 24.8. The number of nitrogens with zero attached hydrogens (tertiary/aromatic N) is 1. The van der Waals surface area contributed by atoms with Gasteiger partial charge in [-0.15, -0.1) is 0 Å². The number of ether oxygens (including phenoxy) is 4. The van der Waals surface area contributed by atoms with E-state index in [9.17, 15) is 9.65 Å². The summed E-state index contributed by atoms with van der Waals surface area (Å²) in [6, 6.07) is 8.42. The Bertz CT molecular complexity index is 1040. The van der Waals surface area contributed by atoms with Gasteiger partial charge in [0.1, 0.15) is 18.0 Å². The van der Waals surface area contributed by atoms with Crippen LogP contribution in [0.4, 0.5) is 4.39 Å². The van der Waals surface area contributed by atoms with E-state index in [1.54, 1.807) is 19.2 Å². The summed E-state index contributed by atoms with van der Waals surface area (Å²) >= 11 is 0. The van der Waals surface area contributed by atoms with Gasteiger partial charge in [0.25, 0.3) is 0 Å². The fourth-order valence-corrected chi connectivity index (χ4v) is 4.26. The Labute approximate surface area is 195 Å². The van der Waals surface area contributed by atoms with Crippen molar-refractivity contribution in [1.29, 1.82) is 5.26 Å². The molecular formula is C27H32FNO4. The maximum atomic E-state index is 13.7. The maximum Gasteiger partial charge on any atom is 0.170 e. The Kier molecular flexibility index (Phi) is 8.12. The smallest absolute Gasteiger partial charge is 0.170 e. The van der Waals surface area contributed by atoms with Crippen molar-refractivity contribution in [2.24, 2.45) is 0 Å². The molecule has 1 aliphatic heterocycles. The van der Waals surface area contributed by atoms with Crippen LogP contribution in [0, 0.1) is 17.1 Å². The number of hydrogen-bond donors (Lipinski definition) is 0. The van der Waals surface area contributed by atoms with E-state index in [-0.39, 0.29) is 11.7 Å². The first-order chi connectivity index (χ1) is 15.8. The van der Waals surface area contributed by atoms with E-state index >= 15 is 0 Å². The van der Waals surface area contributed by atoms with Gasteiger partial charge in [0.15, 0.2) is 11.5 Å². The normalized spacial score (nSPS) is 14.4. The maximum absolute atomic E-state index is 13.7. The molecule has 5 nitrogen and oxygen atoms in total. The summed E-state index contributed by atoms with van der Waals surface area (Å²) in [5.74, 6) is 1.18. The first-order valence-corrected chi connectivity index (χ1v) is 11.2. The molecular weight excluding hydrogens is 421 g/mol. The SMILES string of the molecule is COCCOCCOc1c2c(c(C(C)C)c(C=CC#N)c1-c1ccc(F)cc1)CC(C)(C)O2. The molecule has 2 aromatic carbocycles. The van der Waals surface area contributed by atoms with Crippen molar-refractivity contribution in [3.8, 4) is 28.7 Å². The Morgan fingerprint density at radius 2 is 1.85 bits per heavy atom. The summed E-state index contributed by atoms with van der Waals surface area (Å²) in [7, 11) is 1.63. The number of hydrogen-bond acceptors (Lipinski definition) is 5. The number of allylic oxidation sites excluding steroid dienone is 1. The Morgan fingerprint density at radius 1 is 1.15 bits per heavy atom. The Balaban J connectivity index is 2.20. The van der Waals surface area contributed by atoms with Gasteiger partial charge in [0.2, 0.25) is 0 Å². The molecule has 1 heterocycles. The second-order valence-electron chi connectivity index (χ2n) is 8.96. The monoisotopic (exact) mass is 453 g/mol. The number of nitriles is 1. The molecule has 0 saturated heterocycles. The minimum atomic E-state index is -0.392. The average Bonchev–Trinajstić information content (AvgIpc) is 3.09. The summed E-state index contributed by atoms with van der Waals surface area (Å²) in [6.07, 6.45) is 4.02. The summed E-state index contributed by atoms with van der Waals surface area (Å²) in [4.78, 5) is 0. The molecule has 0 aliphatic carbocycles. The molecule has 0 N–H and O–H groups in total. The van der Waals surface area contributed by atoms with Crippen molar-refractivity contribution in [3.63, 3.8) is 0 Å². The third-order valence-corrected chi connectivity index (χ3v) is 5.51. The van der Waals surface area contributed by atoms with E-state index in [1.165, 1.54) is 18.2 Å². The molecule has 0 unspecified atom stereocenters. The van der Waals surface area contributed by atoms with Gasteiger partial charge in [-0.25, -0.2) is 4.39 Å². The van der Waals surface area contributed by atoms with E-state index in [2.05, 4.69) is 33.8 Å². The second kappa shape index (κ2) is 10.8. The predicted molar refractivity (Wildman–Crippen MR) is 127 cm³/mol. The highest BCUT2D eigenvalue weighted by Gasteiger charge is 2.38. The zero-order chi connectivity index (χ0) is 24.0. The van der Waals surface area contributed by atoms with Gasteiger partial charge in [0, 0.05) is 30.7 Å². The number of rotatable bonds is 10. The topological polar surface area (TPSA) is 60.7 Å². The van der Waals surface area contributed by atoms with Gasteiger partial charge in [-0.1, -0.05) is 26.0 Å². The summed E-state index contributed by atoms with van der Waals surface area (Å²) in [5, 5.41) is 9.28. The van der Waals surface area contributed by atoms with Gasteiger partial charge in [-0.05, 0) is 54.7 Å². The molecule has 2 aromatic rings. The summed E-state index contributed by atoms with van der Waals surface area (Å²) < 4.78 is 37.0. The van der Waals surface area contributed by atoms with Crippen LogP contribution in [0.1, 0.15) is 50.3 Å². The highest BCUT2D eigenvalue weighted by Crippen LogP contribution is 2.53. The Hall–Kier alpha value is -2.88. The van der Waals surface area contributed by atoms with Crippen LogP contribution in [0.5, 0.6) is 11.5 Å². The zero-order valence-corrected chi connectivity index (χ0v) is 20.0. The lowest BCUT2D eigenvalue weighted by Crippen LogP contribution is -2.25. The molecule has 0 radical (unpaired) electrons. The van der Waals surface area contributed by atoms with Gasteiger partial charge < -0.3 is 18.9 Å². The third kappa shape index (κ3) is 5.73. The van der Waals surface area contributed by atoms with E-state index in [0.717, 1.165) is 34.2 Å². The van der Waals surface area contributed by atoms with Crippen molar-refractivity contribution in [3.05, 3.63) is 52.8 Å². The lowest BCUT2D eigenvalue weighted by Gasteiger charge is -2.24. The number of benzene rings is 2. The standard InChI is InChI=1S/C27H32FNO4/c1-18(2)23-21(7-6-12-29)24(19-8-10-20(28)11-9-19)26(32-16-15-31-14-13-30-5)25-22(23)17-27(3,4)33-25/h6-11,18H,13-17H2,1-5H3. The second-order valence-corrected chi connectivity index (χ2v) is 8.96. The largest absolute Gasteiger partial charge is 0.487 e. The van der Waals surface area contributed by atoms with Crippen molar-refractivity contribution in [1.82, 2.24) is 0 Å². The number of halogens is 1. The van der Waals surface area contributed by atoms with Crippen LogP contribution in [0.25, 0.3) is 17.2 Å². The van der Waals surface area contributed by atoms with Gasteiger partial charge >= 0.3 is 0 Å². The van der Waals surface area contributed by atoms with Crippen LogP contribution in [-0.2, 0) is 15.9 Å². The van der Waals surface area contributed by atoms with Crippen LogP contribution in [0.2, 0.25) is 0 Å². The van der Waals surface area contributed by atoms with Crippen LogP contribution < -0.4 is 9.47 Å². The number of fused-ring (bicyclic) bond motifs is 1. The summed E-state index contributed by atoms with van der Waals surface area (Å²) in [5.41, 5.74) is 4.30. The fourth-order valence-electron chi connectivity index (χ4n) is 4.26. The molecule has 0 amide bonds. The lowest BCUT2D eigenvalue weighted by atomic mass is 9.83. The quantitative estimate of drug-likeness (QED) is 0.331. The number of methoxy groups -OCH3 is 1. The minimum Gasteiger partial charge on any atom is -0.487 e. The lowest BCUT2D eigenvalue weighted by molar-refractivity contribution is 0.0532. The van der Waals surface area contributed by atoms with E-state index < -0.39 is 5.60 Å². The fraction of sp³-hybridized carbons (Fsp3) is 0.444. The molecule has 0 spiro atoms. The van der Waals surface area contributed by atoms with E-state index in [4.69, 9.17) is 18.9 Å². The molecule has 176 valence electrons. The van der Waals surface area contributed by atoms with E-state index in [0.29, 0.717) is 37.9 Å². The van der Waals surface area contributed by atoms with Gasteiger partial charge in [0.05, 0.1) is 25.9 Å². The summed E-state index contributed by atoms with van der Waals surface area (Å²) in [6.45, 7) is 10.1. The predicted octanol–water partition coefficient (Wildman–Crippen LogP) is 5.91. The molecule has 0 fully saturated rings. The highest BCUT2D eigenvalue weighted by atomic mass is 19.1. The van der Waals surface area contributed by atoms with E-state index in [1.807, 2.05) is 6.08 Å². The highest BCUT2D eigenvalue weighted by molar-refractivity contribution is 5.87. The Morgan fingerprint density at radius 3 is 2.48 bits per heavy atom. The third-order valence-electron chi connectivity index (χ3n) is 5.51. The van der Waals surface area contributed by atoms with Gasteiger partial charge in [-0.2, -0.15) is 5.26 Å². The van der Waals surface area contributed by atoms with Crippen molar-refractivity contribution in [2.45, 2.75) is 45.6 Å². The molecule has 0 atom stereocenters. The molecule has 0 aromatic heterocycles. The van der Waals surface area contributed by atoms with Crippen LogP contribution in [-0.4, -0.2) is 39.1 Å². The van der Waals surface area contributed by atoms with Crippen molar-refractivity contribution < 1.29 is 23.3 Å². The molecule has 33 heavy (non-hydrogen) atoms. The average molecular weight is 454 g/mol. The van der Waals surface area contributed by atoms with Crippen molar-refractivity contribution in [2.75, 3.05) is 33.5 Å².